The monoisotopic (exact) mass is 248 g/mol. The SMILES string of the molecule is CCCCCCC=COc1ccc(C(=O)O)cc1. The van der Waals surface area contributed by atoms with Gasteiger partial charge in [0.1, 0.15) is 5.75 Å². The summed E-state index contributed by atoms with van der Waals surface area (Å²) in [5.41, 5.74) is 0.269. The van der Waals surface area contributed by atoms with Gasteiger partial charge in [0.2, 0.25) is 0 Å². The molecule has 0 unspecified atom stereocenters. The van der Waals surface area contributed by atoms with Gasteiger partial charge in [-0.25, -0.2) is 4.79 Å². The number of allylic oxidation sites excluding steroid dienone is 1. The van der Waals surface area contributed by atoms with Crippen LogP contribution in [0.25, 0.3) is 0 Å². The Balaban J connectivity index is 2.26. The third kappa shape index (κ3) is 5.53. The highest BCUT2D eigenvalue weighted by Gasteiger charge is 2.00. The molecule has 1 N–H and O–H groups in total. The Morgan fingerprint density at radius 2 is 1.94 bits per heavy atom. The van der Waals surface area contributed by atoms with Gasteiger partial charge in [-0.15, -0.1) is 0 Å². The van der Waals surface area contributed by atoms with Crippen LogP contribution >= 0.6 is 0 Å². The standard InChI is InChI=1S/C15H20O3/c1-2-3-4-5-6-7-12-18-14-10-8-13(9-11-14)15(16)17/h7-12H,2-6H2,1H3,(H,16,17). The molecule has 98 valence electrons. The van der Waals surface area contributed by atoms with Crippen molar-refractivity contribution in [2.24, 2.45) is 0 Å². The molecule has 0 amide bonds. The molecule has 0 saturated heterocycles. The van der Waals surface area contributed by atoms with E-state index in [9.17, 15) is 4.79 Å². The number of hydrogen-bond donors (Lipinski definition) is 1. The second-order valence-corrected chi connectivity index (χ2v) is 4.17. The van der Waals surface area contributed by atoms with Gasteiger partial charge in [0, 0.05) is 0 Å². The molecule has 1 aromatic carbocycles. The van der Waals surface area contributed by atoms with Gasteiger partial charge in [0.25, 0.3) is 0 Å². The molecule has 3 heteroatoms. The Bertz CT molecular complexity index is 379. The molecule has 0 spiro atoms. The van der Waals surface area contributed by atoms with Crippen molar-refractivity contribution >= 4 is 5.97 Å². The highest BCUT2D eigenvalue weighted by atomic mass is 16.5. The zero-order chi connectivity index (χ0) is 13.2. The van der Waals surface area contributed by atoms with Gasteiger partial charge in [-0.3, -0.25) is 0 Å². The molecule has 0 fully saturated rings. The highest BCUT2D eigenvalue weighted by molar-refractivity contribution is 5.87. The van der Waals surface area contributed by atoms with Gasteiger partial charge >= 0.3 is 5.97 Å². The number of carboxylic acid groups (broad SMARTS) is 1. The van der Waals surface area contributed by atoms with Crippen molar-refractivity contribution < 1.29 is 14.6 Å². The summed E-state index contributed by atoms with van der Waals surface area (Å²) in [4.78, 5) is 10.6. The molecular formula is C15H20O3. The third-order valence-electron chi connectivity index (χ3n) is 2.63. The Morgan fingerprint density at radius 1 is 1.22 bits per heavy atom. The van der Waals surface area contributed by atoms with Gasteiger partial charge < -0.3 is 9.84 Å². The Morgan fingerprint density at radius 3 is 2.56 bits per heavy atom. The first-order chi connectivity index (χ1) is 8.74. The van der Waals surface area contributed by atoms with E-state index in [1.165, 1.54) is 37.8 Å². The Kier molecular flexibility index (Phi) is 6.62. The second-order valence-electron chi connectivity index (χ2n) is 4.17. The lowest BCUT2D eigenvalue weighted by Crippen LogP contribution is -1.95. The minimum Gasteiger partial charge on any atom is -0.478 e. The van der Waals surface area contributed by atoms with Crippen LogP contribution < -0.4 is 4.74 Å². The summed E-state index contributed by atoms with van der Waals surface area (Å²) in [6, 6.07) is 6.38. The van der Waals surface area contributed by atoms with Gasteiger partial charge in [-0.1, -0.05) is 26.2 Å². The first-order valence-electron chi connectivity index (χ1n) is 6.39. The van der Waals surface area contributed by atoms with E-state index in [1.54, 1.807) is 18.4 Å². The minimum absolute atomic E-state index is 0.269. The number of hydrogen-bond acceptors (Lipinski definition) is 2. The first kappa shape index (κ1) is 14.3. The topological polar surface area (TPSA) is 46.5 Å². The quantitative estimate of drug-likeness (QED) is 0.552. The van der Waals surface area contributed by atoms with E-state index in [0.717, 1.165) is 6.42 Å². The summed E-state index contributed by atoms with van der Waals surface area (Å²) in [6.45, 7) is 2.19. The van der Waals surface area contributed by atoms with Crippen LogP contribution in [0.4, 0.5) is 0 Å². The zero-order valence-electron chi connectivity index (χ0n) is 10.8. The Hall–Kier alpha value is -1.77. The van der Waals surface area contributed by atoms with E-state index >= 15 is 0 Å². The van der Waals surface area contributed by atoms with E-state index in [-0.39, 0.29) is 5.56 Å². The molecule has 0 radical (unpaired) electrons. The summed E-state index contributed by atoms with van der Waals surface area (Å²) in [7, 11) is 0. The van der Waals surface area contributed by atoms with Crippen molar-refractivity contribution in [2.75, 3.05) is 0 Å². The van der Waals surface area contributed by atoms with Crippen molar-refractivity contribution in [3.63, 3.8) is 0 Å². The number of ether oxygens (including phenoxy) is 1. The molecule has 0 atom stereocenters. The predicted molar refractivity (Wildman–Crippen MR) is 71.9 cm³/mol. The number of unbranched alkanes of at least 4 members (excludes halogenated alkanes) is 4. The van der Waals surface area contributed by atoms with Gasteiger partial charge in [-0.2, -0.15) is 0 Å². The fourth-order valence-corrected chi connectivity index (χ4v) is 1.56. The van der Waals surface area contributed by atoms with Crippen LogP contribution in [0.2, 0.25) is 0 Å². The zero-order valence-corrected chi connectivity index (χ0v) is 10.8. The predicted octanol–water partition coefficient (Wildman–Crippen LogP) is 4.25. The molecular weight excluding hydrogens is 228 g/mol. The maximum absolute atomic E-state index is 10.6. The minimum atomic E-state index is -0.923. The lowest BCUT2D eigenvalue weighted by Gasteiger charge is -2.00. The van der Waals surface area contributed by atoms with E-state index in [0.29, 0.717) is 5.75 Å². The summed E-state index contributed by atoms with van der Waals surface area (Å²) in [5.74, 6) is -0.266. The van der Waals surface area contributed by atoms with E-state index in [2.05, 4.69) is 6.92 Å². The molecule has 0 saturated carbocycles. The van der Waals surface area contributed by atoms with Crippen LogP contribution in [0.3, 0.4) is 0 Å². The van der Waals surface area contributed by atoms with Crippen molar-refractivity contribution in [3.8, 4) is 5.75 Å². The van der Waals surface area contributed by atoms with Crippen LogP contribution in [0.15, 0.2) is 36.6 Å². The Labute approximate surface area is 108 Å². The normalized spacial score (nSPS) is 10.7. The van der Waals surface area contributed by atoms with E-state index in [1.807, 2.05) is 6.08 Å². The molecule has 0 bridgehead atoms. The van der Waals surface area contributed by atoms with Crippen molar-refractivity contribution in [1.82, 2.24) is 0 Å². The number of carbonyl (C=O) groups is 1. The molecule has 0 heterocycles. The lowest BCUT2D eigenvalue weighted by molar-refractivity contribution is 0.0697. The molecule has 1 aromatic rings. The summed E-state index contributed by atoms with van der Waals surface area (Å²) in [6.07, 6.45) is 9.66. The fraction of sp³-hybridized carbons (Fsp3) is 0.400. The molecule has 0 aromatic heterocycles. The third-order valence-corrected chi connectivity index (χ3v) is 2.63. The van der Waals surface area contributed by atoms with Crippen LogP contribution in [0.5, 0.6) is 5.75 Å². The largest absolute Gasteiger partial charge is 0.478 e. The maximum Gasteiger partial charge on any atom is 0.335 e. The van der Waals surface area contributed by atoms with Crippen LogP contribution in [-0.4, -0.2) is 11.1 Å². The first-order valence-corrected chi connectivity index (χ1v) is 6.39. The average molecular weight is 248 g/mol. The molecule has 3 nitrogen and oxygen atoms in total. The lowest BCUT2D eigenvalue weighted by atomic mass is 10.1. The number of aromatic carboxylic acids is 1. The van der Waals surface area contributed by atoms with Crippen LogP contribution in [-0.2, 0) is 0 Å². The van der Waals surface area contributed by atoms with Crippen molar-refractivity contribution in [1.29, 1.82) is 0 Å². The maximum atomic E-state index is 10.6. The van der Waals surface area contributed by atoms with Crippen LogP contribution in [0.1, 0.15) is 49.4 Å². The van der Waals surface area contributed by atoms with Gasteiger partial charge in [0.15, 0.2) is 0 Å². The summed E-state index contributed by atoms with van der Waals surface area (Å²) >= 11 is 0. The van der Waals surface area contributed by atoms with E-state index < -0.39 is 5.97 Å². The number of benzene rings is 1. The molecule has 0 aliphatic rings. The summed E-state index contributed by atoms with van der Waals surface area (Å²) < 4.78 is 5.37. The average Bonchev–Trinajstić information content (AvgIpc) is 2.38. The molecule has 18 heavy (non-hydrogen) atoms. The number of carboxylic acids is 1. The molecule has 1 rings (SSSR count). The van der Waals surface area contributed by atoms with E-state index in [4.69, 9.17) is 9.84 Å². The fourth-order valence-electron chi connectivity index (χ4n) is 1.56. The summed E-state index contributed by atoms with van der Waals surface area (Å²) in [5, 5.41) is 8.74. The van der Waals surface area contributed by atoms with Crippen LogP contribution in [0, 0.1) is 0 Å². The molecule has 0 aliphatic carbocycles. The van der Waals surface area contributed by atoms with Crippen molar-refractivity contribution in [3.05, 3.63) is 42.2 Å². The smallest absolute Gasteiger partial charge is 0.335 e. The second kappa shape index (κ2) is 8.34. The highest BCUT2D eigenvalue weighted by Crippen LogP contribution is 2.12. The van der Waals surface area contributed by atoms with Gasteiger partial charge in [0.05, 0.1) is 11.8 Å². The van der Waals surface area contributed by atoms with Gasteiger partial charge in [-0.05, 0) is 43.2 Å². The number of rotatable bonds is 8. The van der Waals surface area contributed by atoms with Crippen molar-refractivity contribution in [2.45, 2.75) is 39.0 Å². The molecule has 0 aliphatic heterocycles.